The molecule has 14 nitrogen and oxygen atoms in total. The molecule has 4 aliphatic rings. The van der Waals surface area contributed by atoms with E-state index in [1.54, 1.807) is 0 Å². The van der Waals surface area contributed by atoms with Gasteiger partial charge >= 0.3 is 0 Å². The van der Waals surface area contributed by atoms with Gasteiger partial charge in [0.1, 0.15) is 22.7 Å². The predicted molar refractivity (Wildman–Crippen MR) is 154 cm³/mol. The van der Waals surface area contributed by atoms with Crippen molar-refractivity contribution in [1.82, 2.24) is 4.98 Å². The van der Waals surface area contributed by atoms with E-state index in [-0.39, 0.29) is 40.8 Å². The molecule has 0 amide bonds. The molecule has 1 aromatic carbocycles. The number of guanidine groups is 1. The Morgan fingerprint density at radius 1 is 1.00 bits per heavy atom. The van der Waals surface area contributed by atoms with Crippen LogP contribution in [0.1, 0.15) is 23.2 Å². The number of aromatic nitrogens is 1. The second-order valence-electron chi connectivity index (χ2n) is 9.79. The lowest BCUT2D eigenvalue weighted by molar-refractivity contribution is 0.362. The van der Waals surface area contributed by atoms with Crippen molar-refractivity contribution >= 4 is 50.4 Å². The van der Waals surface area contributed by atoms with Gasteiger partial charge in [0, 0.05) is 21.5 Å². The van der Waals surface area contributed by atoms with Crippen LogP contribution in [0, 0.1) is 10.4 Å². The molecule has 0 saturated heterocycles. The van der Waals surface area contributed by atoms with Crippen molar-refractivity contribution in [3.63, 3.8) is 0 Å². The zero-order chi connectivity index (χ0) is 30.4. The van der Waals surface area contributed by atoms with Crippen LogP contribution < -0.4 is 53.9 Å². The number of phenolic OH excluding ortho intramolecular Hbond substituents is 1. The number of benzene rings is 1. The number of fused-ring (bicyclic) bond motifs is 4. The predicted octanol–water partition coefficient (Wildman–Crippen LogP) is -2.12. The van der Waals surface area contributed by atoms with Crippen molar-refractivity contribution in [1.29, 1.82) is 0 Å². The molecule has 1 spiro atoms. The molecule has 2 aromatic rings. The Morgan fingerprint density at radius 3 is 2.26 bits per heavy atom. The van der Waals surface area contributed by atoms with Crippen LogP contribution in [0.3, 0.4) is 0 Å². The van der Waals surface area contributed by atoms with Gasteiger partial charge in [-0.2, -0.15) is 5.10 Å². The summed E-state index contributed by atoms with van der Waals surface area (Å²) in [5.41, 5.74) is 3.82. The first-order valence-corrected chi connectivity index (χ1v) is 12.9. The number of aliphatic hydroxyl groups excluding tert-OH is 2. The van der Waals surface area contributed by atoms with Crippen LogP contribution in [0.15, 0.2) is 50.8 Å². The van der Waals surface area contributed by atoms with Gasteiger partial charge in [0.25, 0.3) is 5.56 Å². The quantitative estimate of drug-likeness (QED) is 0.0806. The first-order chi connectivity index (χ1) is 19.9. The van der Waals surface area contributed by atoms with Crippen LogP contribution in [-0.2, 0) is 11.8 Å². The van der Waals surface area contributed by atoms with Crippen molar-refractivity contribution in [3.8, 4) is 11.5 Å². The number of nitrogens with one attached hydrogen (secondary N) is 1. The van der Waals surface area contributed by atoms with Crippen molar-refractivity contribution < 1.29 is 20.1 Å². The highest BCUT2D eigenvalue weighted by molar-refractivity contribution is 9.10. The monoisotopic (exact) mass is 635 g/mol. The number of nitrogens with zero attached hydrogens (tertiary/aromatic N) is 2. The molecule has 0 radical (unpaired) electrons. The molecule has 1 aromatic heterocycles. The summed E-state index contributed by atoms with van der Waals surface area (Å²) in [6, 6.07) is 2.25. The first kappa shape index (κ1) is 26.9. The van der Waals surface area contributed by atoms with Crippen molar-refractivity contribution in [2.75, 3.05) is 7.11 Å². The molecule has 0 saturated carbocycles. The first-order valence-electron chi connectivity index (χ1n) is 12.2. The molecule has 0 unspecified atom stereocenters. The molecule has 0 aliphatic heterocycles. The van der Waals surface area contributed by atoms with Crippen LogP contribution in [-0.4, -0.2) is 39.6 Å². The lowest BCUT2D eigenvalue weighted by atomic mass is 9.78. The minimum atomic E-state index is -2.02. The van der Waals surface area contributed by atoms with Gasteiger partial charge < -0.3 is 36.5 Å². The fourth-order valence-corrected chi connectivity index (χ4v) is 6.75. The molecule has 1 heterocycles. The Balaban J connectivity index is 1.75. The third kappa shape index (κ3) is 3.21. The summed E-state index contributed by atoms with van der Waals surface area (Å²) in [5, 5.41) is 38.9. The third-order valence-corrected chi connectivity index (χ3v) is 8.65. The second-order valence-corrected chi connectivity index (χ2v) is 10.6. The molecule has 6 rings (SSSR count). The smallest absolute Gasteiger partial charge is 0.260 e. The van der Waals surface area contributed by atoms with Gasteiger partial charge in [-0.15, -0.1) is 5.10 Å². The molecule has 1 atom stereocenters. The Labute approximate surface area is 239 Å². The highest BCUT2D eigenvalue weighted by Crippen LogP contribution is 2.56. The zero-order valence-electron chi connectivity index (χ0n) is 21.4. The molecule has 8 N–H and O–H groups in total. The fourth-order valence-electron chi connectivity index (χ4n) is 6.04. The molecule has 4 aliphatic carbocycles. The van der Waals surface area contributed by atoms with E-state index in [9.17, 15) is 39.3 Å². The van der Waals surface area contributed by atoms with E-state index in [4.69, 9.17) is 16.2 Å². The number of halogens is 1. The summed E-state index contributed by atoms with van der Waals surface area (Å²) in [6.45, 7) is 0. The van der Waals surface area contributed by atoms with Crippen LogP contribution in [0.4, 0.5) is 0 Å². The Kier molecular flexibility index (Phi) is 5.66. The lowest BCUT2D eigenvalue weighted by Gasteiger charge is -2.27. The number of rotatable bonds is 3. The number of H-pyrrole nitrogens is 1. The molecular formula is C27H18BrN5O9. The van der Waals surface area contributed by atoms with Gasteiger partial charge in [-0.1, -0.05) is 0 Å². The van der Waals surface area contributed by atoms with Gasteiger partial charge in [-0.05, 0) is 40.4 Å². The number of hydrogen-bond acceptors (Lipinski definition) is 11. The van der Waals surface area contributed by atoms with E-state index in [1.165, 1.54) is 12.3 Å². The van der Waals surface area contributed by atoms with Gasteiger partial charge in [0.05, 0.1) is 45.3 Å². The van der Waals surface area contributed by atoms with E-state index in [2.05, 4.69) is 31.1 Å². The normalized spacial score (nSPS) is 17.5. The molecule has 0 bridgehead atoms. The summed E-state index contributed by atoms with van der Waals surface area (Å²) in [4.78, 5) is 68.5. The van der Waals surface area contributed by atoms with Crippen molar-refractivity contribution in [2.45, 2.75) is 18.3 Å². The summed E-state index contributed by atoms with van der Waals surface area (Å²) in [6.07, 6.45) is 1.13. The van der Waals surface area contributed by atoms with Crippen molar-refractivity contribution in [3.05, 3.63) is 106 Å². The number of nitrogens with two attached hydrogens (primary N) is 2. The van der Waals surface area contributed by atoms with Gasteiger partial charge in [0.15, 0.2) is 11.2 Å². The molecule has 212 valence electrons. The largest absolute Gasteiger partial charge is 0.510 e. The number of aromatic hydroxyl groups is 1. The average Bonchev–Trinajstić information content (AvgIpc) is 3.44. The number of ether oxygens (including phenoxy) is 1. The van der Waals surface area contributed by atoms with E-state index in [0.29, 0.717) is 10.0 Å². The van der Waals surface area contributed by atoms with Crippen LogP contribution in [0.25, 0.3) is 22.3 Å². The van der Waals surface area contributed by atoms with Crippen LogP contribution in [0.5, 0.6) is 11.5 Å². The Bertz CT molecular complexity index is 2480. The van der Waals surface area contributed by atoms with Crippen LogP contribution in [0.2, 0.25) is 0 Å². The maximum Gasteiger partial charge on any atom is 0.260 e. The van der Waals surface area contributed by atoms with E-state index in [1.807, 2.05) is 0 Å². The average molecular weight is 636 g/mol. The maximum atomic E-state index is 13.6. The van der Waals surface area contributed by atoms with Crippen LogP contribution >= 0.6 is 15.9 Å². The summed E-state index contributed by atoms with van der Waals surface area (Å²) in [5.74, 6) is -2.99. The zero-order valence-corrected chi connectivity index (χ0v) is 23.0. The second kappa shape index (κ2) is 8.84. The molecule has 42 heavy (non-hydrogen) atoms. The highest BCUT2D eigenvalue weighted by Gasteiger charge is 2.53. The summed E-state index contributed by atoms with van der Waals surface area (Å²) in [7, 11) is 1.11. The Hall–Kier alpha value is -5.31. The summed E-state index contributed by atoms with van der Waals surface area (Å²) < 4.78 is 5.21. The summed E-state index contributed by atoms with van der Waals surface area (Å²) >= 11 is 3.45. The minimum absolute atomic E-state index is 0.0983. The third-order valence-electron chi connectivity index (χ3n) is 7.75. The van der Waals surface area contributed by atoms with Gasteiger partial charge in [-0.3, -0.25) is 24.0 Å². The standard InChI is InChI=1S/C27H18BrN5O9/c1-42-11-5-10(34)13-14(19(11)35)21(37)16-15(20(13)36)23(39)27(24(16)40)3-2-8-17(27)22(38)12-9(18(8)28)4-7(32-25(12)41)6-31-33-26(29)30/h4-6,38-40H,2-3H2,1H3,(H,32,41)(H4,29,30,33)/b31-6+/t27-/m0/s1. The van der Waals surface area contributed by atoms with Gasteiger partial charge in [-0.25, -0.2) is 0 Å². The van der Waals surface area contributed by atoms with Gasteiger partial charge in [0.2, 0.25) is 22.2 Å². The highest BCUT2D eigenvalue weighted by atomic mass is 79.9. The van der Waals surface area contributed by atoms with E-state index in [0.717, 1.165) is 13.2 Å². The van der Waals surface area contributed by atoms with Crippen molar-refractivity contribution in [2.24, 2.45) is 21.7 Å². The topological polar surface area (TPSA) is 248 Å². The number of hydrogen-bond donors (Lipinski definition) is 6. The minimum Gasteiger partial charge on any atom is -0.510 e. The number of pyridine rings is 1. The fraction of sp³-hybridized carbons (Fsp3) is 0.148. The number of phenols is 1. The number of aliphatic hydroxyl groups is 2. The number of methoxy groups -OCH3 is 1. The number of aromatic amines is 1. The lowest BCUT2D eigenvalue weighted by Crippen LogP contribution is -2.51. The Morgan fingerprint density at radius 2 is 1.64 bits per heavy atom. The molecular weight excluding hydrogens is 618 g/mol. The SMILES string of the molecule is COc1cc(=O)c2c(=O)c3c(c(=O)c=2c1=O)=C(O)[C@]1(CCc2c1c(O)c1c(=O)[nH]c(/C=N/N=C(N)N)cc1c2Br)C=3O. The van der Waals surface area contributed by atoms with E-state index >= 15 is 0 Å². The maximum absolute atomic E-state index is 13.6. The molecule has 15 heteroatoms. The molecule has 0 fully saturated rings. The van der Waals surface area contributed by atoms with E-state index < -0.39 is 76.6 Å².